The number of hydrogen-bond donors (Lipinski definition) is 1. The van der Waals surface area contributed by atoms with Gasteiger partial charge in [-0.15, -0.1) is 11.6 Å². The van der Waals surface area contributed by atoms with Crippen LogP contribution in [0.15, 0.2) is 18.2 Å². The Morgan fingerprint density at radius 2 is 2.11 bits per heavy atom. The topological polar surface area (TPSA) is 72.2 Å². The lowest BCUT2D eigenvalue weighted by atomic mass is 10.2. The highest BCUT2D eigenvalue weighted by atomic mass is 35.5. The third-order valence-electron chi connectivity index (χ3n) is 2.22. The molecular weight excluding hydrogens is 279 g/mol. The van der Waals surface area contributed by atoms with Gasteiger partial charge in [0.25, 0.3) is 5.69 Å². The van der Waals surface area contributed by atoms with E-state index in [-0.39, 0.29) is 28.7 Å². The molecule has 98 valence electrons. The summed E-state index contributed by atoms with van der Waals surface area (Å²) in [5, 5.41) is 13.5. The molecular formula is C11H12Cl2N2O3. The molecule has 0 aliphatic heterocycles. The highest BCUT2D eigenvalue weighted by Crippen LogP contribution is 2.27. The van der Waals surface area contributed by atoms with E-state index in [0.717, 1.165) is 6.42 Å². The van der Waals surface area contributed by atoms with Crippen molar-refractivity contribution in [2.24, 2.45) is 0 Å². The lowest BCUT2D eigenvalue weighted by Gasteiger charge is -2.05. The molecule has 7 heteroatoms. The van der Waals surface area contributed by atoms with Crippen LogP contribution in [-0.2, 0) is 4.79 Å². The predicted molar refractivity (Wildman–Crippen MR) is 71.3 cm³/mol. The lowest BCUT2D eigenvalue weighted by Crippen LogP contribution is -2.12. The summed E-state index contributed by atoms with van der Waals surface area (Å²) in [5.41, 5.74) is -0.0616. The molecule has 0 fully saturated rings. The second kappa shape index (κ2) is 7.18. The number of alkyl halides is 1. The van der Waals surface area contributed by atoms with Gasteiger partial charge in [-0.05, 0) is 25.0 Å². The first-order valence-electron chi connectivity index (χ1n) is 5.34. The van der Waals surface area contributed by atoms with Crippen molar-refractivity contribution < 1.29 is 9.72 Å². The minimum absolute atomic E-state index is 0.153. The van der Waals surface area contributed by atoms with Gasteiger partial charge in [0, 0.05) is 23.4 Å². The van der Waals surface area contributed by atoms with Crippen molar-refractivity contribution >= 4 is 40.5 Å². The van der Waals surface area contributed by atoms with Crippen LogP contribution in [0, 0.1) is 10.1 Å². The number of nitrogens with zero attached hydrogens (tertiary/aromatic N) is 1. The number of hydrogen-bond acceptors (Lipinski definition) is 3. The summed E-state index contributed by atoms with van der Waals surface area (Å²) >= 11 is 11.2. The summed E-state index contributed by atoms with van der Waals surface area (Å²) in [6, 6.07) is 4.11. The van der Waals surface area contributed by atoms with Crippen molar-refractivity contribution in [2.75, 3.05) is 11.2 Å². The number of nitro groups is 1. The maximum atomic E-state index is 11.5. The number of rotatable bonds is 6. The summed E-state index contributed by atoms with van der Waals surface area (Å²) < 4.78 is 0. The molecule has 0 saturated carbocycles. The quantitative estimate of drug-likeness (QED) is 0.377. The molecule has 1 N–H and O–H groups in total. The number of carbonyl (C=O) groups is 1. The molecule has 0 saturated heterocycles. The highest BCUT2D eigenvalue weighted by Gasteiger charge is 2.16. The Kier molecular flexibility index (Phi) is 5.88. The first-order chi connectivity index (χ1) is 8.54. The van der Waals surface area contributed by atoms with Gasteiger partial charge < -0.3 is 5.32 Å². The number of nitrogens with one attached hydrogen (secondary N) is 1. The average molecular weight is 291 g/mol. The van der Waals surface area contributed by atoms with Crippen molar-refractivity contribution in [3.8, 4) is 0 Å². The minimum Gasteiger partial charge on any atom is -0.320 e. The molecule has 0 spiro atoms. The molecule has 0 heterocycles. The highest BCUT2D eigenvalue weighted by molar-refractivity contribution is 6.31. The molecule has 0 atom stereocenters. The normalized spacial score (nSPS) is 10.1. The van der Waals surface area contributed by atoms with Crippen LogP contribution in [0.3, 0.4) is 0 Å². The molecule has 0 bridgehead atoms. The Labute approximate surface area is 114 Å². The summed E-state index contributed by atoms with van der Waals surface area (Å²) in [4.78, 5) is 21.7. The molecule has 0 aliphatic rings. The Morgan fingerprint density at radius 3 is 2.72 bits per heavy atom. The molecule has 18 heavy (non-hydrogen) atoms. The number of halogens is 2. The zero-order valence-corrected chi connectivity index (χ0v) is 11.0. The van der Waals surface area contributed by atoms with Crippen molar-refractivity contribution in [1.29, 1.82) is 0 Å². The molecule has 0 aromatic heterocycles. The van der Waals surface area contributed by atoms with Crippen LogP contribution in [0.1, 0.15) is 19.3 Å². The van der Waals surface area contributed by atoms with Gasteiger partial charge in [-0.3, -0.25) is 14.9 Å². The Bertz CT molecular complexity index is 452. The van der Waals surface area contributed by atoms with Crippen LogP contribution < -0.4 is 5.32 Å². The van der Waals surface area contributed by atoms with Crippen LogP contribution in [-0.4, -0.2) is 16.7 Å². The fraction of sp³-hybridized carbons (Fsp3) is 0.364. The lowest BCUT2D eigenvalue weighted by molar-refractivity contribution is -0.383. The zero-order valence-electron chi connectivity index (χ0n) is 9.49. The number of unbranched alkanes of at least 4 members (excludes halogenated alkanes) is 1. The summed E-state index contributed by atoms with van der Waals surface area (Å²) in [5.74, 6) is 0.222. The number of carbonyl (C=O) groups excluding carboxylic acids is 1. The van der Waals surface area contributed by atoms with Gasteiger partial charge >= 0.3 is 0 Å². The van der Waals surface area contributed by atoms with Crippen LogP contribution in [0.2, 0.25) is 5.02 Å². The molecule has 0 radical (unpaired) electrons. The molecule has 1 aromatic carbocycles. The second-order valence-electron chi connectivity index (χ2n) is 3.61. The van der Waals surface area contributed by atoms with Crippen molar-refractivity contribution in [3.63, 3.8) is 0 Å². The second-order valence-corrected chi connectivity index (χ2v) is 4.43. The zero-order chi connectivity index (χ0) is 13.5. The molecule has 5 nitrogen and oxygen atoms in total. The third-order valence-corrected chi connectivity index (χ3v) is 2.72. The van der Waals surface area contributed by atoms with E-state index in [0.29, 0.717) is 12.3 Å². The monoisotopic (exact) mass is 290 g/mol. The smallest absolute Gasteiger partial charge is 0.294 e. The maximum Gasteiger partial charge on any atom is 0.294 e. The largest absolute Gasteiger partial charge is 0.320 e. The minimum atomic E-state index is -0.583. The number of anilines is 1. The Balaban J connectivity index is 2.72. The molecule has 1 aromatic rings. The first-order valence-corrected chi connectivity index (χ1v) is 6.25. The molecule has 1 rings (SSSR count). The Hall–Kier alpha value is -1.33. The SMILES string of the molecule is O=C(CCCCCl)Nc1ccc(Cl)cc1[N+](=O)[O-]. The van der Waals surface area contributed by atoms with Crippen LogP contribution >= 0.6 is 23.2 Å². The number of nitro benzene ring substituents is 1. The molecule has 0 unspecified atom stereocenters. The van der Waals surface area contributed by atoms with Crippen molar-refractivity contribution in [1.82, 2.24) is 0 Å². The fourth-order valence-electron chi connectivity index (χ4n) is 1.35. The summed E-state index contributed by atoms with van der Waals surface area (Å²) in [7, 11) is 0. The van der Waals surface area contributed by atoms with E-state index < -0.39 is 4.92 Å². The number of benzene rings is 1. The van der Waals surface area contributed by atoms with E-state index in [4.69, 9.17) is 23.2 Å². The Morgan fingerprint density at radius 1 is 1.39 bits per heavy atom. The predicted octanol–water partition coefficient (Wildman–Crippen LogP) is 3.60. The van der Waals surface area contributed by atoms with E-state index in [9.17, 15) is 14.9 Å². The van der Waals surface area contributed by atoms with E-state index in [1.165, 1.54) is 18.2 Å². The van der Waals surface area contributed by atoms with Gasteiger partial charge in [0.05, 0.1) is 4.92 Å². The van der Waals surface area contributed by atoms with Gasteiger partial charge in [0.15, 0.2) is 0 Å². The van der Waals surface area contributed by atoms with Gasteiger partial charge in [-0.25, -0.2) is 0 Å². The van der Waals surface area contributed by atoms with Crippen molar-refractivity contribution in [3.05, 3.63) is 33.3 Å². The van der Waals surface area contributed by atoms with Gasteiger partial charge in [0.1, 0.15) is 5.69 Å². The van der Waals surface area contributed by atoms with Gasteiger partial charge in [0.2, 0.25) is 5.91 Å². The van der Waals surface area contributed by atoms with Crippen molar-refractivity contribution in [2.45, 2.75) is 19.3 Å². The van der Waals surface area contributed by atoms with Gasteiger partial charge in [-0.2, -0.15) is 0 Å². The molecule has 0 aliphatic carbocycles. The summed E-state index contributed by atoms with van der Waals surface area (Å²) in [6.45, 7) is 0. The van der Waals surface area contributed by atoms with E-state index in [1.807, 2.05) is 0 Å². The van der Waals surface area contributed by atoms with E-state index in [2.05, 4.69) is 5.32 Å². The number of amides is 1. The van der Waals surface area contributed by atoms with Crippen LogP contribution in [0.4, 0.5) is 11.4 Å². The standard InChI is InChI=1S/C11H12Cl2N2O3/c12-6-2-1-3-11(16)14-9-5-4-8(13)7-10(9)15(17)18/h4-5,7H,1-3,6H2,(H,14,16). The third kappa shape index (κ3) is 4.50. The van der Waals surface area contributed by atoms with Crippen LogP contribution in [0.25, 0.3) is 0 Å². The summed E-state index contributed by atoms with van der Waals surface area (Å²) in [6.07, 6.45) is 1.67. The fourth-order valence-corrected chi connectivity index (χ4v) is 1.71. The maximum absolute atomic E-state index is 11.5. The molecule has 1 amide bonds. The van der Waals surface area contributed by atoms with Crippen LogP contribution in [0.5, 0.6) is 0 Å². The van der Waals surface area contributed by atoms with E-state index in [1.54, 1.807) is 0 Å². The van der Waals surface area contributed by atoms with E-state index >= 15 is 0 Å². The van der Waals surface area contributed by atoms with Gasteiger partial charge in [-0.1, -0.05) is 11.6 Å². The first kappa shape index (κ1) is 14.7. The average Bonchev–Trinajstić information content (AvgIpc) is 2.31.